The van der Waals surface area contributed by atoms with Gasteiger partial charge in [-0.2, -0.15) is 17.0 Å². The second kappa shape index (κ2) is 9.33. The molecular weight excluding hydrogens is 402 g/mol. The number of hydrogen-bond acceptors (Lipinski definition) is 7. The van der Waals surface area contributed by atoms with Crippen LogP contribution in [0, 0.1) is 5.92 Å². The number of esters is 2. The predicted molar refractivity (Wildman–Crippen MR) is 105 cm³/mol. The van der Waals surface area contributed by atoms with Crippen molar-refractivity contribution in [3.05, 3.63) is 29.3 Å². The maximum atomic E-state index is 12.7. The van der Waals surface area contributed by atoms with Crippen molar-refractivity contribution < 1.29 is 32.3 Å². The molecule has 0 saturated carbocycles. The molecule has 0 unspecified atom stereocenters. The Balaban J connectivity index is 2.23. The number of anilines is 1. The highest BCUT2D eigenvalue weighted by molar-refractivity contribution is 7.86. The largest absolute Gasteiger partial charge is 0.465 e. The molecule has 1 heterocycles. The summed E-state index contributed by atoms with van der Waals surface area (Å²) in [6.07, 6.45) is 1.06. The lowest BCUT2D eigenvalue weighted by Gasteiger charge is -2.32. The van der Waals surface area contributed by atoms with E-state index in [1.165, 1.54) is 50.8 Å². The van der Waals surface area contributed by atoms with Gasteiger partial charge in [0.25, 0.3) is 10.2 Å². The molecule has 0 radical (unpaired) electrons. The number of carbonyl (C=O) groups excluding carboxylic acids is 3. The van der Waals surface area contributed by atoms with Crippen molar-refractivity contribution in [2.75, 3.05) is 46.7 Å². The third kappa shape index (κ3) is 5.31. The van der Waals surface area contributed by atoms with E-state index < -0.39 is 34.0 Å². The number of nitrogens with one attached hydrogen (secondary N) is 1. The second-order valence-corrected chi connectivity index (χ2v) is 8.90. The number of nitrogens with zero attached hydrogens (tertiary/aromatic N) is 2. The standard InChI is InChI=1S/C18H25N3O7S/c1-20(2)29(25,26)21-7-5-6-12(11-21)16(22)19-15-9-13(17(23)27-3)8-14(10-15)18(24)28-4/h8-10,12H,5-7,11H2,1-4H3,(H,19,22)/t12-/m0/s1. The van der Waals surface area contributed by atoms with Crippen LogP contribution in [-0.2, 0) is 24.5 Å². The molecule has 10 nitrogen and oxygen atoms in total. The first kappa shape index (κ1) is 22.8. The average molecular weight is 427 g/mol. The van der Waals surface area contributed by atoms with Crippen molar-refractivity contribution in [1.29, 1.82) is 0 Å². The normalized spacial score (nSPS) is 17.6. The number of ether oxygens (including phenoxy) is 2. The highest BCUT2D eigenvalue weighted by Crippen LogP contribution is 2.23. The minimum Gasteiger partial charge on any atom is -0.465 e. The van der Waals surface area contributed by atoms with Crippen molar-refractivity contribution in [3.63, 3.8) is 0 Å². The molecule has 0 spiro atoms. The maximum absolute atomic E-state index is 12.7. The Kier molecular flexibility index (Phi) is 7.33. The van der Waals surface area contributed by atoms with E-state index in [1.54, 1.807) is 0 Å². The van der Waals surface area contributed by atoms with Crippen LogP contribution in [0.3, 0.4) is 0 Å². The fraction of sp³-hybridized carbons (Fsp3) is 0.500. The third-order valence-corrected chi connectivity index (χ3v) is 6.49. The first-order chi connectivity index (χ1) is 13.6. The van der Waals surface area contributed by atoms with Gasteiger partial charge in [0.2, 0.25) is 5.91 Å². The first-order valence-corrected chi connectivity index (χ1v) is 10.3. The van der Waals surface area contributed by atoms with E-state index in [0.717, 1.165) is 4.31 Å². The molecule has 160 valence electrons. The van der Waals surface area contributed by atoms with Crippen LogP contribution in [-0.4, -0.2) is 76.3 Å². The molecule has 2 rings (SSSR count). The highest BCUT2D eigenvalue weighted by atomic mass is 32.2. The number of hydrogen-bond donors (Lipinski definition) is 1. The van der Waals surface area contributed by atoms with Crippen LogP contribution >= 0.6 is 0 Å². The van der Waals surface area contributed by atoms with Gasteiger partial charge in [-0.3, -0.25) is 4.79 Å². The van der Waals surface area contributed by atoms with Crippen LogP contribution in [0.4, 0.5) is 5.69 Å². The third-order valence-electron chi connectivity index (χ3n) is 4.59. The zero-order valence-corrected chi connectivity index (χ0v) is 17.6. The zero-order chi connectivity index (χ0) is 21.8. The summed E-state index contributed by atoms with van der Waals surface area (Å²) in [5.74, 6) is -2.32. The van der Waals surface area contributed by atoms with Crippen LogP contribution in [0.2, 0.25) is 0 Å². The van der Waals surface area contributed by atoms with Crippen LogP contribution in [0.25, 0.3) is 0 Å². The Morgan fingerprint density at radius 3 is 2.10 bits per heavy atom. The smallest absolute Gasteiger partial charge is 0.337 e. The Labute approximate surface area is 169 Å². The average Bonchev–Trinajstić information content (AvgIpc) is 2.72. The molecule has 1 aliphatic heterocycles. The van der Waals surface area contributed by atoms with Crippen molar-refractivity contribution in [2.45, 2.75) is 12.8 Å². The molecular formula is C18H25N3O7S. The Hall–Kier alpha value is -2.50. The monoisotopic (exact) mass is 427 g/mol. The molecule has 29 heavy (non-hydrogen) atoms. The van der Waals surface area contributed by atoms with Crippen molar-refractivity contribution in [2.24, 2.45) is 5.92 Å². The summed E-state index contributed by atoms with van der Waals surface area (Å²) in [6, 6.07) is 4.07. The molecule has 11 heteroatoms. The van der Waals surface area contributed by atoms with Crippen LogP contribution in [0.5, 0.6) is 0 Å². The number of piperidine rings is 1. The Morgan fingerprint density at radius 1 is 1.07 bits per heavy atom. The fourth-order valence-electron chi connectivity index (χ4n) is 3.01. The zero-order valence-electron chi connectivity index (χ0n) is 16.8. The maximum Gasteiger partial charge on any atom is 0.337 e. The molecule has 1 N–H and O–H groups in total. The van der Waals surface area contributed by atoms with E-state index in [9.17, 15) is 22.8 Å². The SMILES string of the molecule is COC(=O)c1cc(NC(=O)[C@H]2CCCN(S(=O)(=O)N(C)C)C2)cc(C(=O)OC)c1. The van der Waals surface area contributed by atoms with Gasteiger partial charge in [0.1, 0.15) is 0 Å². The molecule has 1 atom stereocenters. The van der Waals surface area contributed by atoms with Gasteiger partial charge in [0, 0.05) is 32.9 Å². The van der Waals surface area contributed by atoms with Gasteiger partial charge in [-0.15, -0.1) is 0 Å². The lowest BCUT2D eigenvalue weighted by atomic mass is 9.98. The van der Waals surface area contributed by atoms with E-state index >= 15 is 0 Å². The van der Waals surface area contributed by atoms with E-state index in [2.05, 4.69) is 14.8 Å². The molecule has 1 aromatic rings. The number of methoxy groups -OCH3 is 2. The Bertz CT molecular complexity index is 864. The van der Waals surface area contributed by atoms with Gasteiger partial charge < -0.3 is 14.8 Å². The summed E-state index contributed by atoms with van der Waals surface area (Å²) >= 11 is 0. The van der Waals surface area contributed by atoms with Crippen molar-refractivity contribution in [1.82, 2.24) is 8.61 Å². The summed E-state index contributed by atoms with van der Waals surface area (Å²) in [5, 5.41) is 2.66. The number of rotatable bonds is 6. The fourth-order valence-corrected chi connectivity index (χ4v) is 4.20. The van der Waals surface area contributed by atoms with Crippen LogP contribution in [0.1, 0.15) is 33.6 Å². The number of carbonyl (C=O) groups is 3. The van der Waals surface area contributed by atoms with Crippen molar-refractivity contribution in [3.8, 4) is 0 Å². The van der Waals surface area contributed by atoms with Gasteiger partial charge in [-0.05, 0) is 31.0 Å². The summed E-state index contributed by atoms with van der Waals surface area (Å²) < 4.78 is 36.4. The molecule has 1 aromatic carbocycles. The van der Waals surface area contributed by atoms with Crippen LogP contribution in [0.15, 0.2) is 18.2 Å². The van der Waals surface area contributed by atoms with Gasteiger partial charge in [0.05, 0.1) is 31.3 Å². The van der Waals surface area contributed by atoms with Gasteiger partial charge in [-0.1, -0.05) is 0 Å². The lowest BCUT2D eigenvalue weighted by Crippen LogP contribution is -2.47. The second-order valence-electron chi connectivity index (χ2n) is 6.76. The molecule has 0 bridgehead atoms. The minimum absolute atomic E-state index is 0.0485. The summed E-state index contributed by atoms with van der Waals surface area (Å²) in [7, 11) is 1.66. The minimum atomic E-state index is -3.62. The summed E-state index contributed by atoms with van der Waals surface area (Å²) in [5.41, 5.74) is 0.364. The van der Waals surface area contributed by atoms with Gasteiger partial charge in [-0.25, -0.2) is 9.59 Å². The summed E-state index contributed by atoms with van der Waals surface area (Å²) in [4.78, 5) is 36.5. The topological polar surface area (TPSA) is 122 Å². The molecule has 1 saturated heterocycles. The van der Waals surface area contributed by atoms with E-state index in [1.807, 2.05) is 0 Å². The predicted octanol–water partition coefficient (Wildman–Crippen LogP) is 0.717. The van der Waals surface area contributed by atoms with Gasteiger partial charge >= 0.3 is 11.9 Å². The number of benzene rings is 1. The number of amides is 1. The van der Waals surface area contributed by atoms with Crippen molar-refractivity contribution >= 4 is 33.7 Å². The van der Waals surface area contributed by atoms with E-state index in [-0.39, 0.29) is 23.4 Å². The van der Waals surface area contributed by atoms with E-state index in [4.69, 9.17) is 0 Å². The molecule has 0 aromatic heterocycles. The molecule has 1 amide bonds. The molecule has 1 aliphatic rings. The quantitative estimate of drug-likeness (QED) is 0.664. The van der Waals surface area contributed by atoms with Gasteiger partial charge in [0.15, 0.2) is 0 Å². The molecule has 0 aliphatic carbocycles. The van der Waals surface area contributed by atoms with E-state index in [0.29, 0.717) is 19.4 Å². The first-order valence-electron chi connectivity index (χ1n) is 8.90. The highest BCUT2D eigenvalue weighted by Gasteiger charge is 2.33. The molecule has 1 fully saturated rings. The Morgan fingerprint density at radius 2 is 1.62 bits per heavy atom. The lowest BCUT2D eigenvalue weighted by molar-refractivity contribution is -0.120. The summed E-state index contributed by atoms with van der Waals surface area (Å²) in [6.45, 7) is 0.390. The van der Waals surface area contributed by atoms with Crippen LogP contribution < -0.4 is 5.32 Å².